The molecule has 0 spiro atoms. The van der Waals surface area contributed by atoms with Crippen LogP contribution in [0.4, 0.5) is 0 Å². The van der Waals surface area contributed by atoms with E-state index in [0.717, 1.165) is 0 Å². The quantitative estimate of drug-likeness (QED) is 0.598. The van der Waals surface area contributed by atoms with Gasteiger partial charge >= 0.3 is 0 Å². The third-order valence-electron chi connectivity index (χ3n) is 3.07. The molecule has 0 radical (unpaired) electrons. The molecule has 1 aliphatic carbocycles. The molecular formula is C10H16O2. The van der Waals surface area contributed by atoms with Crippen LogP contribution in [0.1, 0.15) is 38.5 Å². The molecule has 1 heterocycles. The van der Waals surface area contributed by atoms with Crippen molar-refractivity contribution in [3.8, 4) is 0 Å². The van der Waals surface area contributed by atoms with Crippen molar-refractivity contribution in [1.29, 1.82) is 0 Å². The Labute approximate surface area is 73.3 Å². The van der Waals surface area contributed by atoms with E-state index in [2.05, 4.69) is 0 Å². The predicted octanol–water partition coefficient (Wildman–Crippen LogP) is 1.92. The van der Waals surface area contributed by atoms with E-state index in [1.807, 2.05) is 0 Å². The number of hydrogen-bond acceptors (Lipinski definition) is 2. The fourth-order valence-electron chi connectivity index (χ4n) is 2.34. The Morgan fingerprint density at radius 2 is 2.00 bits per heavy atom. The minimum absolute atomic E-state index is 0.272. The Bertz CT molecular complexity index is 171. The summed E-state index contributed by atoms with van der Waals surface area (Å²) in [6.07, 6.45) is 6.81. The number of Topliss-reactive ketones (excluding diaryl/α,β-unsaturated/α-hetero) is 1. The SMILES string of the molecule is O=C1CCOC(C2CCCC2)C1. The maximum absolute atomic E-state index is 11.2. The summed E-state index contributed by atoms with van der Waals surface area (Å²) >= 11 is 0. The minimum atomic E-state index is 0.272. The molecule has 2 nitrogen and oxygen atoms in total. The van der Waals surface area contributed by atoms with Crippen LogP contribution in [0.25, 0.3) is 0 Å². The monoisotopic (exact) mass is 168 g/mol. The number of rotatable bonds is 1. The molecule has 68 valence electrons. The van der Waals surface area contributed by atoms with Gasteiger partial charge in [-0.15, -0.1) is 0 Å². The van der Waals surface area contributed by atoms with Crippen molar-refractivity contribution in [3.05, 3.63) is 0 Å². The van der Waals surface area contributed by atoms with Crippen LogP contribution in [0.15, 0.2) is 0 Å². The van der Waals surface area contributed by atoms with E-state index < -0.39 is 0 Å². The van der Waals surface area contributed by atoms with Crippen molar-refractivity contribution < 1.29 is 9.53 Å². The van der Waals surface area contributed by atoms with E-state index in [-0.39, 0.29) is 6.10 Å². The van der Waals surface area contributed by atoms with Crippen LogP contribution < -0.4 is 0 Å². The summed E-state index contributed by atoms with van der Waals surface area (Å²) in [5.41, 5.74) is 0. The fraction of sp³-hybridized carbons (Fsp3) is 0.900. The summed E-state index contributed by atoms with van der Waals surface area (Å²) in [7, 11) is 0. The van der Waals surface area contributed by atoms with Crippen molar-refractivity contribution in [3.63, 3.8) is 0 Å². The fourth-order valence-corrected chi connectivity index (χ4v) is 2.34. The van der Waals surface area contributed by atoms with E-state index in [4.69, 9.17) is 4.74 Å². The third kappa shape index (κ3) is 1.69. The van der Waals surface area contributed by atoms with Crippen molar-refractivity contribution in [2.45, 2.75) is 44.6 Å². The number of ketones is 1. The van der Waals surface area contributed by atoms with Gasteiger partial charge in [0.25, 0.3) is 0 Å². The second kappa shape index (κ2) is 3.56. The lowest BCUT2D eigenvalue weighted by Crippen LogP contribution is -2.31. The van der Waals surface area contributed by atoms with Gasteiger partial charge in [0.15, 0.2) is 0 Å². The molecule has 0 amide bonds. The Morgan fingerprint density at radius 1 is 1.25 bits per heavy atom. The largest absolute Gasteiger partial charge is 0.377 e. The van der Waals surface area contributed by atoms with Gasteiger partial charge in [0.05, 0.1) is 12.7 Å². The van der Waals surface area contributed by atoms with Gasteiger partial charge in [-0.1, -0.05) is 12.8 Å². The first-order valence-corrected chi connectivity index (χ1v) is 4.99. The van der Waals surface area contributed by atoms with Gasteiger partial charge in [-0.25, -0.2) is 0 Å². The molecule has 2 aliphatic rings. The number of hydrogen-bond donors (Lipinski definition) is 0. The summed E-state index contributed by atoms with van der Waals surface area (Å²) in [6, 6.07) is 0. The zero-order chi connectivity index (χ0) is 8.39. The summed E-state index contributed by atoms with van der Waals surface area (Å²) in [4.78, 5) is 11.2. The van der Waals surface area contributed by atoms with Gasteiger partial charge in [-0.3, -0.25) is 4.79 Å². The first-order chi connectivity index (χ1) is 5.86. The molecule has 0 bridgehead atoms. The van der Waals surface area contributed by atoms with Crippen LogP contribution in [0.2, 0.25) is 0 Å². The first kappa shape index (κ1) is 8.24. The maximum Gasteiger partial charge on any atom is 0.137 e. The van der Waals surface area contributed by atoms with Crippen LogP contribution in [0.3, 0.4) is 0 Å². The molecule has 1 aliphatic heterocycles. The van der Waals surface area contributed by atoms with Gasteiger partial charge in [-0.05, 0) is 18.8 Å². The molecule has 1 saturated heterocycles. The van der Waals surface area contributed by atoms with E-state index in [0.29, 0.717) is 31.1 Å². The highest BCUT2D eigenvalue weighted by Gasteiger charge is 2.29. The number of ether oxygens (including phenoxy) is 1. The summed E-state index contributed by atoms with van der Waals surface area (Å²) < 4.78 is 5.61. The van der Waals surface area contributed by atoms with Crippen molar-refractivity contribution in [2.24, 2.45) is 5.92 Å². The predicted molar refractivity (Wildman–Crippen MR) is 45.9 cm³/mol. The number of carbonyl (C=O) groups is 1. The van der Waals surface area contributed by atoms with E-state index in [1.54, 1.807) is 0 Å². The highest BCUT2D eigenvalue weighted by Crippen LogP contribution is 2.32. The molecule has 2 rings (SSSR count). The second-order valence-corrected chi connectivity index (χ2v) is 3.95. The zero-order valence-corrected chi connectivity index (χ0v) is 7.42. The Balaban J connectivity index is 1.89. The van der Waals surface area contributed by atoms with E-state index in [1.165, 1.54) is 25.7 Å². The van der Waals surface area contributed by atoms with Gasteiger partial charge in [0.1, 0.15) is 5.78 Å². The lowest BCUT2D eigenvalue weighted by Gasteiger charge is -2.26. The Hall–Kier alpha value is -0.370. The molecule has 0 aromatic rings. The molecule has 1 saturated carbocycles. The molecule has 2 heteroatoms. The standard InChI is InChI=1S/C10H16O2/c11-9-5-6-12-10(7-9)8-3-1-2-4-8/h8,10H,1-7H2. The van der Waals surface area contributed by atoms with Gasteiger partial charge in [-0.2, -0.15) is 0 Å². The van der Waals surface area contributed by atoms with Crippen molar-refractivity contribution >= 4 is 5.78 Å². The summed E-state index contributed by atoms with van der Waals surface area (Å²) in [5, 5.41) is 0. The molecule has 1 atom stereocenters. The average Bonchev–Trinajstić information content (AvgIpc) is 2.56. The smallest absolute Gasteiger partial charge is 0.137 e. The Morgan fingerprint density at radius 3 is 2.67 bits per heavy atom. The van der Waals surface area contributed by atoms with Gasteiger partial charge in [0.2, 0.25) is 0 Å². The Kier molecular flexibility index (Phi) is 2.45. The van der Waals surface area contributed by atoms with E-state index >= 15 is 0 Å². The zero-order valence-electron chi connectivity index (χ0n) is 7.42. The third-order valence-corrected chi connectivity index (χ3v) is 3.07. The molecule has 0 aromatic carbocycles. The van der Waals surface area contributed by atoms with Crippen molar-refractivity contribution in [2.75, 3.05) is 6.61 Å². The van der Waals surface area contributed by atoms with Gasteiger partial charge < -0.3 is 4.74 Å². The normalized spacial score (nSPS) is 32.7. The lowest BCUT2D eigenvalue weighted by molar-refractivity contribution is -0.130. The summed E-state index contributed by atoms with van der Waals surface area (Å²) in [6.45, 7) is 0.667. The van der Waals surface area contributed by atoms with Crippen LogP contribution >= 0.6 is 0 Å². The highest BCUT2D eigenvalue weighted by molar-refractivity contribution is 5.79. The molecule has 12 heavy (non-hydrogen) atoms. The van der Waals surface area contributed by atoms with E-state index in [9.17, 15) is 4.79 Å². The minimum Gasteiger partial charge on any atom is -0.377 e. The second-order valence-electron chi connectivity index (χ2n) is 3.95. The lowest BCUT2D eigenvalue weighted by atomic mass is 9.94. The first-order valence-electron chi connectivity index (χ1n) is 4.99. The number of carbonyl (C=O) groups excluding carboxylic acids is 1. The molecule has 0 N–H and O–H groups in total. The van der Waals surface area contributed by atoms with Crippen molar-refractivity contribution in [1.82, 2.24) is 0 Å². The highest BCUT2D eigenvalue weighted by atomic mass is 16.5. The van der Waals surface area contributed by atoms with Crippen LogP contribution in [-0.2, 0) is 9.53 Å². The van der Waals surface area contributed by atoms with Crippen LogP contribution in [0.5, 0.6) is 0 Å². The van der Waals surface area contributed by atoms with Gasteiger partial charge in [0, 0.05) is 12.8 Å². The molecular weight excluding hydrogens is 152 g/mol. The molecule has 2 fully saturated rings. The summed E-state index contributed by atoms with van der Waals surface area (Å²) in [5.74, 6) is 1.09. The van der Waals surface area contributed by atoms with Crippen LogP contribution in [0, 0.1) is 5.92 Å². The molecule has 0 aromatic heterocycles. The maximum atomic E-state index is 11.2. The average molecular weight is 168 g/mol. The van der Waals surface area contributed by atoms with Crippen LogP contribution in [-0.4, -0.2) is 18.5 Å². The molecule has 1 unspecified atom stereocenters. The topological polar surface area (TPSA) is 26.3 Å².